The van der Waals surface area contributed by atoms with Crippen molar-refractivity contribution in [2.75, 3.05) is 62.2 Å². The molecular formula is C24H33N3O6S2. The molecule has 2 heterocycles. The molecule has 0 unspecified atom stereocenters. The van der Waals surface area contributed by atoms with Crippen LogP contribution in [0.5, 0.6) is 5.75 Å². The Bertz CT molecular complexity index is 1200. The largest absolute Gasteiger partial charge is 0.495 e. The van der Waals surface area contributed by atoms with Crippen molar-refractivity contribution in [1.29, 1.82) is 0 Å². The van der Waals surface area contributed by atoms with Gasteiger partial charge in [-0.2, -0.15) is 0 Å². The lowest BCUT2D eigenvalue weighted by atomic mass is 10.2. The summed E-state index contributed by atoms with van der Waals surface area (Å²) < 4.78 is 57.4. The number of hydrogen-bond donors (Lipinski definition) is 1. The summed E-state index contributed by atoms with van der Waals surface area (Å²) in [7, 11) is -5.39. The highest BCUT2D eigenvalue weighted by Crippen LogP contribution is 2.32. The number of hydrogen-bond acceptors (Lipinski definition) is 8. The molecule has 0 radical (unpaired) electrons. The molecule has 0 aromatic heterocycles. The second-order valence-electron chi connectivity index (χ2n) is 9.07. The summed E-state index contributed by atoms with van der Waals surface area (Å²) in [6.45, 7) is 3.02. The van der Waals surface area contributed by atoms with Gasteiger partial charge in [-0.05, 0) is 30.7 Å². The number of benzene rings is 2. The molecule has 9 nitrogen and oxygen atoms in total. The van der Waals surface area contributed by atoms with Gasteiger partial charge in [-0.15, -0.1) is 0 Å². The Morgan fingerprint density at radius 3 is 2.34 bits per heavy atom. The Kier molecular flexibility index (Phi) is 8.02. The van der Waals surface area contributed by atoms with E-state index in [0.29, 0.717) is 37.5 Å². The van der Waals surface area contributed by atoms with Gasteiger partial charge in [0, 0.05) is 38.8 Å². The van der Waals surface area contributed by atoms with Crippen molar-refractivity contribution in [1.82, 2.24) is 9.80 Å². The van der Waals surface area contributed by atoms with Gasteiger partial charge in [0.2, 0.25) is 0 Å². The van der Waals surface area contributed by atoms with Crippen molar-refractivity contribution in [2.45, 2.75) is 23.5 Å². The van der Waals surface area contributed by atoms with Crippen LogP contribution in [0.4, 0.5) is 5.69 Å². The molecule has 0 saturated carbocycles. The normalized spacial score (nSPS) is 22.1. The van der Waals surface area contributed by atoms with Crippen LogP contribution >= 0.6 is 0 Å². The zero-order valence-corrected chi connectivity index (χ0v) is 21.5. The van der Waals surface area contributed by atoms with Crippen molar-refractivity contribution < 1.29 is 26.7 Å². The highest BCUT2D eigenvalue weighted by Gasteiger charge is 2.34. The number of anilines is 1. The topological polar surface area (TPSA) is 107 Å². The van der Waals surface area contributed by atoms with Gasteiger partial charge in [-0.3, -0.25) is 14.1 Å². The third-order valence-electron chi connectivity index (χ3n) is 6.66. The molecule has 0 amide bonds. The van der Waals surface area contributed by atoms with Crippen molar-refractivity contribution in [3.05, 3.63) is 54.6 Å². The number of piperazine rings is 1. The third kappa shape index (κ3) is 6.15. The Balaban J connectivity index is 1.45. The average Bonchev–Trinajstić information content (AvgIpc) is 3.23. The number of nitrogens with zero attached hydrogens (tertiary/aromatic N) is 3. The van der Waals surface area contributed by atoms with Gasteiger partial charge in [0.15, 0.2) is 9.84 Å². The molecule has 2 aromatic carbocycles. The van der Waals surface area contributed by atoms with Gasteiger partial charge in [-0.1, -0.05) is 30.3 Å². The third-order valence-corrected chi connectivity index (χ3v) is 10.2. The number of methoxy groups -OCH3 is 1. The molecule has 192 valence electrons. The van der Waals surface area contributed by atoms with Crippen LogP contribution in [-0.2, 0) is 19.9 Å². The second-order valence-corrected chi connectivity index (χ2v) is 13.2. The van der Waals surface area contributed by atoms with Crippen LogP contribution in [0.25, 0.3) is 0 Å². The number of sulfonamides is 1. The summed E-state index contributed by atoms with van der Waals surface area (Å²) in [6, 6.07) is 15.1. The standard InChI is InChI=1S/C24H33N3O6S2/c1-33-24-10-6-5-9-23(24)27(35(31,32)22-7-3-2-4-8-22)18-21(28)17-25-12-14-26(15-13-25)20-11-16-34(29,30)19-20/h2-10,20-21,28H,11-19H2,1H3/t20-,21+/m1/s1. The van der Waals surface area contributed by atoms with Gasteiger partial charge in [0.25, 0.3) is 10.0 Å². The molecule has 2 aliphatic heterocycles. The quantitative estimate of drug-likeness (QED) is 0.520. The number of para-hydroxylation sites is 2. The molecule has 2 aliphatic rings. The van der Waals surface area contributed by atoms with Crippen molar-refractivity contribution >= 4 is 25.5 Å². The summed E-state index contributed by atoms with van der Waals surface area (Å²) in [5, 5.41) is 11.0. The van der Waals surface area contributed by atoms with E-state index in [1.807, 2.05) is 0 Å². The van der Waals surface area contributed by atoms with Crippen molar-refractivity contribution in [3.63, 3.8) is 0 Å². The van der Waals surface area contributed by atoms with E-state index in [0.717, 1.165) is 13.1 Å². The lowest BCUT2D eigenvalue weighted by Gasteiger charge is -2.38. The van der Waals surface area contributed by atoms with E-state index in [9.17, 15) is 21.9 Å². The number of aliphatic hydroxyl groups excluding tert-OH is 1. The van der Waals surface area contributed by atoms with E-state index in [2.05, 4.69) is 9.80 Å². The van der Waals surface area contributed by atoms with E-state index >= 15 is 0 Å². The van der Waals surface area contributed by atoms with Crippen LogP contribution in [0.15, 0.2) is 59.5 Å². The van der Waals surface area contributed by atoms with Crippen LogP contribution in [0.2, 0.25) is 0 Å². The molecule has 11 heteroatoms. The van der Waals surface area contributed by atoms with E-state index < -0.39 is 26.0 Å². The molecule has 2 saturated heterocycles. The van der Waals surface area contributed by atoms with E-state index in [-0.39, 0.29) is 29.0 Å². The number of sulfone groups is 1. The molecule has 2 fully saturated rings. The SMILES string of the molecule is COc1ccccc1N(C[C@@H](O)CN1CCN([C@@H]2CCS(=O)(=O)C2)CC1)S(=O)(=O)c1ccccc1. The minimum absolute atomic E-state index is 0.0733. The summed E-state index contributed by atoms with van der Waals surface area (Å²) in [4.78, 5) is 4.45. The Morgan fingerprint density at radius 2 is 1.71 bits per heavy atom. The summed E-state index contributed by atoms with van der Waals surface area (Å²) >= 11 is 0. The maximum Gasteiger partial charge on any atom is 0.264 e. The van der Waals surface area contributed by atoms with Crippen LogP contribution in [0, 0.1) is 0 Å². The Hall–Kier alpha value is -2.18. The molecule has 0 bridgehead atoms. The molecule has 2 aromatic rings. The van der Waals surface area contributed by atoms with E-state index in [4.69, 9.17) is 4.74 Å². The first-order chi connectivity index (χ1) is 16.7. The summed E-state index contributed by atoms with van der Waals surface area (Å²) in [5.41, 5.74) is 0.366. The Labute approximate surface area is 207 Å². The molecule has 35 heavy (non-hydrogen) atoms. The van der Waals surface area contributed by atoms with E-state index in [1.165, 1.54) is 23.5 Å². The number of aliphatic hydroxyl groups is 1. The van der Waals surface area contributed by atoms with Crippen molar-refractivity contribution in [2.24, 2.45) is 0 Å². The van der Waals surface area contributed by atoms with Gasteiger partial charge >= 0.3 is 0 Å². The first-order valence-electron chi connectivity index (χ1n) is 11.8. The van der Waals surface area contributed by atoms with Gasteiger partial charge in [0.1, 0.15) is 5.75 Å². The smallest absolute Gasteiger partial charge is 0.264 e. The zero-order valence-electron chi connectivity index (χ0n) is 19.9. The molecule has 0 spiro atoms. The molecule has 2 atom stereocenters. The molecule has 4 rings (SSSR count). The monoisotopic (exact) mass is 523 g/mol. The van der Waals surface area contributed by atoms with Crippen molar-refractivity contribution in [3.8, 4) is 5.75 Å². The lowest BCUT2D eigenvalue weighted by molar-refractivity contribution is 0.0639. The predicted molar refractivity (Wildman–Crippen MR) is 135 cm³/mol. The minimum atomic E-state index is -3.94. The lowest BCUT2D eigenvalue weighted by Crippen LogP contribution is -2.53. The molecular weight excluding hydrogens is 490 g/mol. The fourth-order valence-electron chi connectivity index (χ4n) is 4.80. The summed E-state index contributed by atoms with van der Waals surface area (Å²) in [6.07, 6.45) is -0.257. The highest BCUT2D eigenvalue weighted by molar-refractivity contribution is 7.93. The molecule has 1 N–H and O–H groups in total. The molecule has 0 aliphatic carbocycles. The van der Waals surface area contributed by atoms with Crippen LogP contribution in [0.1, 0.15) is 6.42 Å². The first kappa shape index (κ1) is 25.9. The fourth-order valence-corrected chi connectivity index (χ4v) is 8.10. The van der Waals surface area contributed by atoms with Gasteiger partial charge in [0.05, 0.1) is 41.8 Å². The number of ether oxygens (including phenoxy) is 1. The number of β-amino-alcohol motifs (C(OH)–C–C–N with tert-alkyl or cyclic N) is 1. The minimum Gasteiger partial charge on any atom is -0.495 e. The van der Waals surface area contributed by atoms with Gasteiger partial charge < -0.3 is 9.84 Å². The maximum absolute atomic E-state index is 13.6. The predicted octanol–water partition coefficient (Wildman–Crippen LogP) is 1.06. The highest BCUT2D eigenvalue weighted by atomic mass is 32.2. The second kappa shape index (κ2) is 10.8. The van der Waals surface area contributed by atoms with E-state index in [1.54, 1.807) is 42.5 Å². The average molecular weight is 524 g/mol. The van der Waals surface area contributed by atoms with Crippen LogP contribution in [0.3, 0.4) is 0 Å². The first-order valence-corrected chi connectivity index (χ1v) is 15.0. The van der Waals surface area contributed by atoms with Crippen LogP contribution < -0.4 is 9.04 Å². The number of rotatable bonds is 9. The van der Waals surface area contributed by atoms with Crippen LogP contribution in [-0.4, -0.2) is 102 Å². The fraction of sp³-hybridized carbons (Fsp3) is 0.500. The zero-order chi connectivity index (χ0) is 25.1. The Morgan fingerprint density at radius 1 is 1.06 bits per heavy atom. The summed E-state index contributed by atoms with van der Waals surface area (Å²) in [5.74, 6) is 0.880. The van der Waals surface area contributed by atoms with Gasteiger partial charge in [-0.25, -0.2) is 16.8 Å². The maximum atomic E-state index is 13.6.